The summed E-state index contributed by atoms with van der Waals surface area (Å²) >= 11 is 0. The lowest BCUT2D eigenvalue weighted by atomic mass is 9.98. The molecule has 0 unspecified atom stereocenters. The molecule has 8 heteroatoms. The van der Waals surface area contributed by atoms with Gasteiger partial charge in [0.05, 0.1) is 12.8 Å². The van der Waals surface area contributed by atoms with Crippen LogP contribution >= 0.6 is 0 Å². The SMILES string of the molecule is CS(=O)(=O)N1C[C@H](NC(=O)CN2CCCCCC2=O)[C@@H](C2CC2)C1. The molecule has 2 aliphatic heterocycles. The number of carbonyl (C=O) groups is 2. The molecular weight excluding hydrogens is 330 g/mol. The van der Waals surface area contributed by atoms with Crippen molar-refractivity contribution < 1.29 is 18.0 Å². The van der Waals surface area contributed by atoms with Crippen LogP contribution < -0.4 is 5.32 Å². The fraction of sp³-hybridized carbons (Fsp3) is 0.875. The van der Waals surface area contributed by atoms with Crippen LogP contribution in [-0.4, -0.2) is 67.9 Å². The fourth-order valence-corrected chi connectivity index (χ4v) is 4.72. The van der Waals surface area contributed by atoms with Gasteiger partial charge in [0.2, 0.25) is 21.8 Å². The van der Waals surface area contributed by atoms with Crippen molar-refractivity contribution >= 4 is 21.8 Å². The Morgan fingerprint density at radius 1 is 1.21 bits per heavy atom. The second-order valence-electron chi connectivity index (χ2n) is 7.38. The third kappa shape index (κ3) is 4.27. The molecule has 0 radical (unpaired) electrons. The summed E-state index contributed by atoms with van der Waals surface area (Å²) in [5.74, 6) is 0.590. The molecule has 2 saturated heterocycles. The number of nitrogens with zero attached hydrogens (tertiary/aromatic N) is 2. The zero-order chi connectivity index (χ0) is 17.3. The Bertz CT molecular complexity index is 602. The van der Waals surface area contributed by atoms with Gasteiger partial charge >= 0.3 is 0 Å². The third-order valence-corrected chi connectivity index (χ3v) is 6.62. The molecule has 0 aromatic rings. The minimum absolute atomic E-state index is 0.0468. The average Bonchev–Trinajstić information content (AvgIpc) is 3.27. The first kappa shape index (κ1) is 17.7. The second-order valence-corrected chi connectivity index (χ2v) is 9.36. The Morgan fingerprint density at radius 2 is 1.96 bits per heavy atom. The van der Waals surface area contributed by atoms with Crippen LogP contribution in [-0.2, 0) is 19.6 Å². The van der Waals surface area contributed by atoms with E-state index in [1.807, 2.05) is 0 Å². The van der Waals surface area contributed by atoms with E-state index in [0.717, 1.165) is 32.1 Å². The number of hydrogen-bond donors (Lipinski definition) is 1. The smallest absolute Gasteiger partial charge is 0.239 e. The Kier molecular flexibility index (Phi) is 5.15. The van der Waals surface area contributed by atoms with Crippen LogP contribution in [0.5, 0.6) is 0 Å². The molecule has 2 amide bonds. The molecule has 7 nitrogen and oxygen atoms in total. The van der Waals surface area contributed by atoms with E-state index < -0.39 is 10.0 Å². The second kappa shape index (κ2) is 7.00. The summed E-state index contributed by atoms with van der Waals surface area (Å²) in [7, 11) is -3.23. The summed E-state index contributed by atoms with van der Waals surface area (Å²) in [6, 6.07) is -0.137. The summed E-state index contributed by atoms with van der Waals surface area (Å²) in [5.41, 5.74) is 0. The minimum atomic E-state index is -3.23. The molecule has 1 aliphatic carbocycles. The summed E-state index contributed by atoms with van der Waals surface area (Å²) < 4.78 is 25.1. The van der Waals surface area contributed by atoms with Gasteiger partial charge in [-0.1, -0.05) is 6.42 Å². The number of sulfonamides is 1. The lowest BCUT2D eigenvalue weighted by molar-refractivity contribution is -0.135. The van der Waals surface area contributed by atoms with E-state index >= 15 is 0 Å². The summed E-state index contributed by atoms with van der Waals surface area (Å²) in [6.07, 6.45) is 6.82. The Hall–Kier alpha value is -1.15. The first-order valence-electron chi connectivity index (χ1n) is 8.87. The highest BCUT2D eigenvalue weighted by Gasteiger charge is 2.45. The largest absolute Gasteiger partial charge is 0.350 e. The predicted molar refractivity (Wildman–Crippen MR) is 89.6 cm³/mol. The molecule has 2 atom stereocenters. The molecule has 0 aromatic heterocycles. The summed E-state index contributed by atoms with van der Waals surface area (Å²) in [4.78, 5) is 26.0. The van der Waals surface area contributed by atoms with Crippen molar-refractivity contribution in [2.45, 2.75) is 44.6 Å². The zero-order valence-corrected chi connectivity index (χ0v) is 15.1. The van der Waals surface area contributed by atoms with Gasteiger partial charge in [-0.15, -0.1) is 0 Å². The van der Waals surface area contributed by atoms with E-state index in [-0.39, 0.29) is 30.3 Å². The fourth-order valence-electron chi connectivity index (χ4n) is 3.85. The van der Waals surface area contributed by atoms with Crippen molar-refractivity contribution in [1.82, 2.24) is 14.5 Å². The molecule has 3 aliphatic rings. The molecular formula is C16H27N3O4S. The molecule has 0 spiro atoms. The standard InChI is InChI=1S/C16H27N3O4S/c1-24(22,23)19-9-13(12-6-7-12)14(10-19)17-15(20)11-18-8-4-2-3-5-16(18)21/h12-14H,2-11H2,1H3,(H,17,20)/t13-,14+/m1/s1. The Morgan fingerprint density at radius 3 is 2.62 bits per heavy atom. The van der Waals surface area contributed by atoms with Crippen LogP contribution in [0.25, 0.3) is 0 Å². The number of nitrogens with one attached hydrogen (secondary N) is 1. The van der Waals surface area contributed by atoms with Crippen LogP contribution in [0, 0.1) is 11.8 Å². The highest BCUT2D eigenvalue weighted by Crippen LogP contribution is 2.41. The van der Waals surface area contributed by atoms with Crippen LogP contribution in [0.4, 0.5) is 0 Å². The lowest BCUT2D eigenvalue weighted by Crippen LogP contribution is -2.47. The zero-order valence-electron chi connectivity index (χ0n) is 14.2. The molecule has 24 heavy (non-hydrogen) atoms. The molecule has 1 saturated carbocycles. The molecule has 3 rings (SSSR count). The van der Waals surface area contributed by atoms with Gasteiger partial charge in [0.1, 0.15) is 0 Å². The Labute approximate surface area is 143 Å². The third-order valence-electron chi connectivity index (χ3n) is 5.38. The van der Waals surface area contributed by atoms with Crippen molar-refractivity contribution in [1.29, 1.82) is 0 Å². The van der Waals surface area contributed by atoms with Crippen LogP contribution in [0.15, 0.2) is 0 Å². The number of rotatable bonds is 5. The molecule has 0 aromatic carbocycles. The number of carbonyl (C=O) groups excluding carboxylic acids is 2. The van der Waals surface area contributed by atoms with Crippen LogP contribution in [0.3, 0.4) is 0 Å². The highest BCUT2D eigenvalue weighted by molar-refractivity contribution is 7.88. The molecule has 136 valence electrons. The van der Waals surface area contributed by atoms with Crippen molar-refractivity contribution in [2.24, 2.45) is 11.8 Å². The quantitative estimate of drug-likeness (QED) is 0.760. The summed E-state index contributed by atoms with van der Waals surface area (Å²) in [5, 5.41) is 3.00. The normalized spacial score (nSPS) is 29.5. The highest BCUT2D eigenvalue weighted by atomic mass is 32.2. The van der Waals surface area contributed by atoms with Crippen LogP contribution in [0.2, 0.25) is 0 Å². The van der Waals surface area contributed by atoms with E-state index in [1.165, 1.54) is 10.6 Å². The van der Waals surface area contributed by atoms with E-state index in [1.54, 1.807) is 4.90 Å². The monoisotopic (exact) mass is 357 g/mol. The maximum Gasteiger partial charge on any atom is 0.239 e. The van der Waals surface area contributed by atoms with Gasteiger partial charge in [-0.05, 0) is 37.5 Å². The lowest BCUT2D eigenvalue weighted by Gasteiger charge is -2.23. The molecule has 0 bridgehead atoms. The first-order valence-corrected chi connectivity index (χ1v) is 10.7. The maximum absolute atomic E-state index is 12.4. The Balaban J connectivity index is 1.59. The summed E-state index contributed by atoms with van der Waals surface area (Å²) in [6.45, 7) is 1.57. The number of hydrogen-bond acceptors (Lipinski definition) is 4. The molecule has 3 fully saturated rings. The van der Waals surface area contributed by atoms with Gasteiger partial charge < -0.3 is 10.2 Å². The first-order chi connectivity index (χ1) is 11.3. The minimum Gasteiger partial charge on any atom is -0.350 e. The van der Waals surface area contributed by atoms with E-state index in [2.05, 4.69) is 5.32 Å². The van der Waals surface area contributed by atoms with Crippen molar-refractivity contribution in [3.8, 4) is 0 Å². The molecule has 1 N–H and O–H groups in total. The van der Waals surface area contributed by atoms with Crippen LogP contribution in [0.1, 0.15) is 38.5 Å². The van der Waals surface area contributed by atoms with Crippen molar-refractivity contribution in [3.63, 3.8) is 0 Å². The topological polar surface area (TPSA) is 86.8 Å². The average molecular weight is 357 g/mol. The van der Waals surface area contributed by atoms with Gasteiger partial charge in [-0.2, -0.15) is 4.31 Å². The number of amides is 2. The van der Waals surface area contributed by atoms with Crippen molar-refractivity contribution in [2.75, 3.05) is 32.4 Å². The van der Waals surface area contributed by atoms with Gasteiger partial charge in [0, 0.05) is 32.1 Å². The van der Waals surface area contributed by atoms with E-state index in [0.29, 0.717) is 32.0 Å². The molecule has 2 heterocycles. The van der Waals surface area contributed by atoms with Gasteiger partial charge in [-0.25, -0.2) is 8.42 Å². The van der Waals surface area contributed by atoms with Gasteiger partial charge in [0.25, 0.3) is 0 Å². The predicted octanol–water partition coefficient (Wildman–Crippen LogP) is 0.175. The van der Waals surface area contributed by atoms with E-state index in [4.69, 9.17) is 0 Å². The van der Waals surface area contributed by atoms with Gasteiger partial charge in [-0.3, -0.25) is 9.59 Å². The maximum atomic E-state index is 12.4. The number of likely N-dealkylation sites (tertiary alicyclic amines) is 1. The van der Waals surface area contributed by atoms with E-state index in [9.17, 15) is 18.0 Å². The van der Waals surface area contributed by atoms with Gasteiger partial charge in [0.15, 0.2) is 0 Å². The van der Waals surface area contributed by atoms with Crippen molar-refractivity contribution in [3.05, 3.63) is 0 Å².